The van der Waals surface area contributed by atoms with E-state index in [1.807, 2.05) is 7.05 Å². The van der Waals surface area contributed by atoms with Crippen LogP contribution in [0.15, 0.2) is 24.3 Å². The normalized spacial score (nSPS) is 10.2. The average Bonchev–Trinajstić information content (AvgIpc) is 2.26. The number of halogens is 1. The molecule has 0 heterocycles. The van der Waals surface area contributed by atoms with E-state index in [-0.39, 0.29) is 18.8 Å². The van der Waals surface area contributed by atoms with Gasteiger partial charge in [0.2, 0.25) is 0 Å². The van der Waals surface area contributed by atoms with E-state index in [1.54, 1.807) is 0 Å². The zero-order valence-corrected chi connectivity index (χ0v) is 11.9. The Hall–Kier alpha value is -1.06. The third-order valence-electron chi connectivity index (χ3n) is 2.80. The summed E-state index contributed by atoms with van der Waals surface area (Å²) in [6, 6.07) is 8.53. The van der Waals surface area contributed by atoms with Crippen LogP contribution in [0.1, 0.15) is 24.0 Å². The lowest BCUT2D eigenvalue weighted by Gasteiger charge is -2.15. The van der Waals surface area contributed by atoms with Gasteiger partial charge in [-0.25, -0.2) is 0 Å². The lowest BCUT2D eigenvalue weighted by atomic mass is 10.1. The fourth-order valence-corrected chi connectivity index (χ4v) is 1.82. The predicted molar refractivity (Wildman–Crippen MR) is 76.5 cm³/mol. The second kappa shape index (κ2) is 8.95. The van der Waals surface area contributed by atoms with Gasteiger partial charge in [0.25, 0.3) is 0 Å². The molecule has 0 aliphatic rings. The number of rotatable bonds is 7. The summed E-state index contributed by atoms with van der Waals surface area (Å²) in [5.41, 5.74) is 2.65. The Morgan fingerprint density at radius 3 is 2.67 bits per heavy atom. The van der Waals surface area contributed by atoms with Gasteiger partial charge in [0, 0.05) is 6.54 Å². The van der Waals surface area contributed by atoms with Gasteiger partial charge in [-0.2, -0.15) is 0 Å². The fraction of sp³-hybridized carbons (Fsp3) is 0.500. The number of aryl methyl sites for hydroxylation is 2. The van der Waals surface area contributed by atoms with Crippen LogP contribution in [0.5, 0.6) is 0 Å². The minimum absolute atomic E-state index is 0. The third-order valence-corrected chi connectivity index (χ3v) is 2.80. The molecule has 18 heavy (non-hydrogen) atoms. The van der Waals surface area contributed by atoms with Crippen molar-refractivity contribution in [3.05, 3.63) is 35.4 Å². The molecule has 0 saturated heterocycles. The molecular weight excluding hydrogens is 250 g/mol. The summed E-state index contributed by atoms with van der Waals surface area (Å²) in [5, 5.41) is 8.57. The van der Waals surface area contributed by atoms with E-state index in [4.69, 9.17) is 5.11 Å². The van der Waals surface area contributed by atoms with Crippen LogP contribution in [0.4, 0.5) is 0 Å². The quantitative estimate of drug-likeness (QED) is 0.829. The van der Waals surface area contributed by atoms with Crippen LogP contribution in [-0.4, -0.2) is 36.1 Å². The molecule has 4 heteroatoms. The average molecular weight is 272 g/mol. The number of carbonyl (C=O) groups is 1. The van der Waals surface area contributed by atoms with Gasteiger partial charge in [0.15, 0.2) is 0 Å². The van der Waals surface area contributed by atoms with Crippen LogP contribution in [0.3, 0.4) is 0 Å². The molecule has 1 N–H and O–H groups in total. The van der Waals surface area contributed by atoms with E-state index in [0.29, 0.717) is 6.54 Å². The number of benzene rings is 1. The second-order valence-corrected chi connectivity index (χ2v) is 4.54. The number of carboxylic acid groups (broad SMARTS) is 1. The molecule has 0 aliphatic carbocycles. The first-order valence-corrected chi connectivity index (χ1v) is 6.04. The Morgan fingerprint density at radius 1 is 1.33 bits per heavy atom. The lowest BCUT2D eigenvalue weighted by molar-refractivity contribution is -0.137. The number of hydrogen-bond acceptors (Lipinski definition) is 2. The van der Waals surface area contributed by atoms with E-state index in [0.717, 1.165) is 19.4 Å². The first-order chi connectivity index (χ1) is 8.08. The SMILES string of the molecule is Cc1cccc(CCCN(C)CCC(=O)O)c1.Cl. The largest absolute Gasteiger partial charge is 0.481 e. The maximum absolute atomic E-state index is 10.4. The van der Waals surface area contributed by atoms with Gasteiger partial charge < -0.3 is 10.0 Å². The van der Waals surface area contributed by atoms with Crippen molar-refractivity contribution in [1.29, 1.82) is 0 Å². The molecule has 0 unspecified atom stereocenters. The molecule has 102 valence electrons. The first kappa shape index (κ1) is 16.9. The van der Waals surface area contributed by atoms with Gasteiger partial charge in [-0.05, 0) is 38.9 Å². The van der Waals surface area contributed by atoms with Crippen molar-refractivity contribution < 1.29 is 9.90 Å². The Labute approximate surface area is 115 Å². The lowest BCUT2D eigenvalue weighted by Crippen LogP contribution is -2.23. The van der Waals surface area contributed by atoms with Crippen molar-refractivity contribution in [1.82, 2.24) is 4.90 Å². The monoisotopic (exact) mass is 271 g/mol. The van der Waals surface area contributed by atoms with Crippen LogP contribution >= 0.6 is 12.4 Å². The molecule has 0 radical (unpaired) electrons. The summed E-state index contributed by atoms with van der Waals surface area (Å²) in [7, 11) is 1.97. The van der Waals surface area contributed by atoms with Crippen LogP contribution in [0, 0.1) is 6.92 Å². The summed E-state index contributed by atoms with van der Waals surface area (Å²) in [6.45, 7) is 3.67. The third kappa shape index (κ3) is 7.30. The van der Waals surface area contributed by atoms with Gasteiger partial charge in [0.1, 0.15) is 0 Å². The van der Waals surface area contributed by atoms with Crippen molar-refractivity contribution in [3.63, 3.8) is 0 Å². The number of carboxylic acids is 1. The summed E-state index contributed by atoms with van der Waals surface area (Å²) < 4.78 is 0. The predicted octanol–water partition coefficient (Wildman–Crippen LogP) is 2.76. The minimum Gasteiger partial charge on any atom is -0.481 e. The molecule has 0 fully saturated rings. The first-order valence-electron chi connectivity index (χ1n) is 6.04. The zero-order valence-electron chi connectivity index (χ0n) is 11.1. The molecule has 1 aromatic rings. The van der Waals surface area contributed by atoms with Gasteiger partial charge in [-0.15, -0.1) is 12.4 Å². The van der Waals surface area contributed by atoms with Crippen LogP contribution in [0.25, 0.3) is 0 Å². The van der Waals surface area contributed by atoms with Crippen LogP contribution in [-0.2, 0) is 11.2 Å². The Kier molecular flexibility index (Phi) is 8.42. The highest BCUT2D eigenvalue weighted by molar-refractivity contribution is 5.85. The Morgan fingerprint density at radius 2 is 2.06 bits per heavy atom. The summed E-state index contributed by atoms with van der Waals surface area (Å²) in [6.07, 6.45) is 2.35. The molecule has 0 aliphatic heterocycles. The molecule has 0 aromatic heterocycles. The van der Waals surface area contributed by atoms with Gasteiger partial charge >= 0.3 is 5.97 Å². The number of aliphatic carboxylic acids is 1. The maximum atomic E-state index is 10.4. The maximum Gasteiger partial charge on any atom is 0.304 e. The van der Waals surface area contributed by atoms with E-state index >= 15 is 0 Å². The van der Waals surface area contributed by atoms with Gasteiger partial charge in [-0.3, -0.25) is 4.79 Å². The standard InChI is InChI=1S/C14H21NO2.ClH/c1-12-5-3-6-13(11-12)7-4-9-15(2)10-8-14(16)17;/h3,5-6,11H,4,7-10H2,1-2H3,(H,16,17);1H. The molecule has 0 amide bonds. The molecule has 1 rings (SSSR count). The van der Waals surface area contributed by atoms with Crippen molar-refractivity contribution in [2.24, 2.45) is 0 Å². The van der Waals surface area contributed by atoms with Crippen LogP contribution < -0.4 is 0 Å². The number of hydrogen-bond donors (Lipinski definition) is 1. The van der Waals surface area contributed by atoms with E-state index in [9.17, 15) is 4.79 Å². The Balaban J connectivity index is 0.00000289. The van der Waals surface area contributed by atoms with Crippen molar-refractivity contribution in [2.75, 3.05) is 20.1 Å². The number of nitrogens with zero attached hydrogens (tertiary/aromatic N) is 1. The van der Waals surface area contributed by atoms with E-state index < -0.39 is 5.97 Å². The molecular formula is C14H22ClNO2. The fourth-order valence-electron chi connectivity index (χ4n) is 1.82. The summed E-state index contributed by atoms with van der Waals surface area (Å²) in [4.78, 5) is 12.5. The van der Waals surface area contributed by atoms with Crippen molar-refractivity contribution >= 4 is 18.4 Å². The smallest absolute Gasteiger partial charge is 0.304 e. The second-order valence-electron chi connectivity index (χ2n) is 4.54. The molecule has 0 spiro atoms. The van der Waals surface area contributed by atoms with Gasteiger partial charge in [-0.1, -0.05) is 29.8 Å². The molecule has 0 bridgehead atoms. The van der Waals surface area contributed by atoms with Gasteiger partial charge in [0.05, 0.1) is 6.42 Å². The van der Waals surface area contributed by atoms with E-state index in [2.05, 4.69) is 36.1 Å². The summed E-state index contributed by atoms with van der Waals surface area (Å²) >= 11 is 0. The van der Waals surface area contributed by atoms with Crippen LogP contribution in [0.2, 0.25) is 0 Å². The zero-order chi connectivity index (χ0) is 12.7. The van der Waals surface area contributed by atoms with E-state index in [1.165, 1.54) is 11.1 Å². The molecule has 3 nitrogen and oxygen atoms in total. The highest BCUT2D eigenvalue weighted by Gasteiger charge is 2.02. The Bertz CT molecular complexity index is 369. The molecule has 1 aromatic carbocycles. The topological polar surface area (TPSA) is 40.5 Å². The molecule has 0 atom stereocenters. The minimum atomic E-state index is -0.726. The molecule has 0 saturated carbocycles. The highest BCUT2D eigenvalue weighted by Crippen LogP contribution is 2.06. The van der Waals surface area contributed by atoms with Crippen molar-refractivity contribution in [3.8, 4) is 0 Å². The highest BCUT2D eigenvalue weighted by atomic mass is 35.5. The van der Waals surface area contributed by atoms with Crippen molar-refractivity contribution in [2.45, 2.75) is 26.2 Å². The summed E-state index contributed by atoms with van der Waals surface area (Å²) in [5.74, 6) is -0.726.